The van der Waals surface area contributed by atoms with E-state index in [1.54, 1.807) is 23.1 Å². The average Bonchev–Trinajstić information content (AvgIpc) is 3.29. The molecule has 3 aromatic rings. The molecule has 0 spiro atoms. The fraction of sp³-hybridized carbons (Fsp3) is 0.0455. The monoisotopic (exact) mass is 455 g/mol. The summed E-state index contributed by atoms with van der Waals surface area (Å²) < 4.78 is 6.29. The zero-order valence-electron chi connectivity index (χ0n) is 15.4. The Kier molecular flexibility index (Phi) is 5.76. The maximum atomic E-state index is 12.8. The summed E-state index contributed by atoms with van der Waals surface area (Å²) >= 11 is 12.8. The lowest BCUT2D eigenvalue weighted by Gasteiger charge is -2.14. The number of carboxylic acids is 1. The van der Waals surface area contributed by atoms with E-state index in [4.69, 9.17) is 28.2 Å². The van der Waals surface area contributed by atoms with Crippen LogP contribution >= 0.6 is 35.6 Å². The van der Waals surface area contributed by atoms with Crippen molar-refractivity contribution in [3.8, 4) is 11.3 Å². The third kappa shape index (κ3) is 4.18. The number of furan rings is 1. The van der Waals surface area contributed by atoms with E-state index in [2.05, 4.69) is 0 Å². The van der Waals surface area contributed by atoms with E-state index in [0.29, 0.717) is 37.9 Å². The van der Waals surface area contributed by atoms with Gasteiger partial charge in [0.25, 0.3) is 5.91 Å². The van der Waals surface area contributed by atoms with Crippen molar-refractivity contribution in [3.63, 3.8) is 0 Å². The molecule has 0 radical (unpaired) electrons. The number of benzene rings is 2. The molecule has 2 aromatic carbocycles. The summed E-state index contributed by atoms with van der Waals surface area (Å²) in [5.41, 5.74) is 1.56. The molecule has 5 nitrogen and oxygen atoms in total. The first kappa shape index (κ1) is 20.4. The van der Waals surface area contributed by atoms with Gasteiger partial charge in [-0.05, 0) is 35.9 Å². The fourth-order valence-electron chi connectivity index (χ4n) is 2.95. The van der Waals surface area contributed by atoms with Gasteiger partial charge in [0.1, 0.15) is 15.8 Å². The number of thiocarbonyl (C=S) groups is 1. The molecule has 1 aliphatic rings. The molecule has 0 unspecified atom stereocenters. The number of halogens is 1. The summed E-state index contributed by atoms with van der Waals surface area (Å²) in [6.45, 7) is 0.407. The first-order chi connectivity index (χ1) is 14.4. The third-order valence-electron chi connectivity index (χ3n) is 4.44. The lowest BCUT2D eigenvalue weighted by Crippen LogP contribution is -2.27. The third-order valence-corrected chi connectivity index (χ3v) is 6.14. The Morgan fingerprint density at radius 2 is 1.93 bits per heavy atom. The van der Waals surface area contributed by atoms with Gasteiger partial charge in [0.05, 0.1) is 22.0 Å². The summed E-state index contributed by atoms with van der Waals surface area (Å²) in [5.74, 6) is -0.379. The number of hydrogen-bond donors (Lipinski definition) is 1. The highest BCUT2D eigenvalue weighted by Gasteiger charge is 2.32. The topological polar surface area (TPSA) is 70.8 Å². The van der Waals surface area contributed by atoms with Crippen molar-refractivity contribution in [1.82, 2.24) is 4.90 Å². The second-order valence-electron chi connectivity index (χ2n) is 6.46. The first-order valence-electron chi connectivity index (χ1n) is 8.85. The molecule has 0 bridgehead atoms. The molecule has 0 atom stereocenters. The predicted octanol–water partition coefficient (Wildman–Crippen LogP) is 5.70. The van der Waals surface area contributed by atoms with Crippen LogP contribution < -0.4 is 0 Å². The molecule has 1 amide bonds. The van der Waals surface area contributed by atoms with Crippen LogP contribution in [0.1, 0.15) is 21.7 Å². The van der Waals surface area contributed by atoms with Gasteiger partial charge in [-0.2, -0.15) is 0 Å². The molecule has 2 heterocycles. The van der Waals surface area contributed by atoms with Crippen LogP contribution in [0.3, 0.4) is 0 Å². The van der Waals surface area contributed by atoms with Gasteiger partial charge >= 0.3 is 5.97 Å². The molecule has 1 aliphatic heterocycles. The van der Waals surface area contributed by atoms with E-state index in [0.717, 1.165) is 5.56 Å². The number of carboxylic acid groups (broad SMARTS) is 1. The Bertz CT molecular complexity index is 1190. The zero-order valence-corrected chi connectivity index (χ0v) is 17.8. The van der Waals surface area contributed by atoms with Crippen LogP contribution in [0.4, 0.5) is 0 Å². The Hall–Kier alpha value is -2.87. The normalized spacial score (nSPS) is 15.2. The minimum absolute atomic E-state index is 0.106. The molecular weight excluding hydrogens is 442 g/mol. The van der Waals surface area contributed by atoms with Gasteiger partial charge in [-0.3, -0.25) is 9.69 Å². The average molecular weight is 456 g/mol. The van der Waals surface area contributed by atoms with Crippen molar-refractivity contribution < 1.29 is 19.1 Å². The van der Waals surface area contributed by atoms with E-state index in [-0.39, 0.29) is 11.5 Å². The van der Waals surface area contributed by atoms with Gasteiger partial charge in [0.15, 0.2) is 0 Å². The van der Waals surface area contributed by atoms with Crippen LogP contribution in [0.25, 0.3) is 17.4 Å². The molecular formula is C22H14ClNO4S2. The number of carbonyl (C=O) groups excluding carboxylic acids is 1. The quantitative estimate of drug-likeness (QED) is 0.393. The van der Waals surface area contributed by atoms with Crippen molar-refractivity contribution >= 4 is 57.9 Å². The molecule has 1 aromatic heterocycles. The molecule has 0 saturated carbocycles. The van der Waals surface area contributed by atoms with Crippen molar-refractivity contribution in [2.24, 2.45) is 0 Å². The summed E-state index contributed by atoms with van der Waals surface area (Å²) in [7, 11) is 0. The van der Waals surface area contributed by atoms with E-state index in [1.807, 2.05) is 30.3 Å². The van der Waals surface area contributed by atoms with Crippen LogP contribution in [0.15, 0.2) is 70.0 Å². The molecule has 4 rings (SSSR count). The first-order valence-corrected chi connectivity index (χ1v) is 10.4. The summed E-state index contributed by atoms with van der Waals surface area (Å²) in [6, 6.07) is 17.4. The Morgan fingerprint density at radius 3 is 2.67 bits per heavy atom. The van der Waals surface area contributed by atoms with E-state index in [1.165, 1.54) is 30.0 Å². The number of nitrogens with zero attached hydrogens (tertiary/aromatic N) is 1. The SMILES string of the molecule is O=C(O)c1ccc(Cl)c(-c2ccc(/C=C3/SC(=S)N(Cc4ccccc4)C3=O)o2)c1. The minimum atomic E-state index is -1.05. The van der Waals surface area contributed by atoms with E-state index in [9.17, 15) is 14.7 Å². The van der Waals surface area contributed by atoms with Gasteiger partial charge in [0.2, 0.25) is 0 Å². The lowest BCUT2D eigenvalue weighted by atomic mass is 10.1. The van der Waals surface area contributed by atoms with Gasteiger partial charge in [-0.15, -0.1) is 0 Å². The van der Waals surface area contributed by atoms with Crippen LogP contribution in [0, 0.1) is 0 Å². The summed E-state index contributed by atoms with van der Waals surface area (Å²) in [5, 5.41) is 9.56. The molecule has 30 heavy (non-hydrogen) atoms. The molecule has 0 aliphatic carbocycles. The second-order valence-corrected chi connectivity index (χ2v) is 8.54. The smallest absolute Gasteiger partial charge is 0.335 e. The van der Waals surface area contributed by atoms with Crippen LogP contribution in [-0.4, -0.2) is 26.2 Å². The van der Waals surface area contributed by atoms with Gasteiger partial charge in [-0.25, -0.2) is 4.79 Å². The van der Waals surface area contributed by atoms with E-state index >= 15 is 0 Å². The molecule has 1 fully saturated rings. The Morgan fingerprint density at radius 1 is 1.17 bits per heavy atom. The predicted molar refractivity (Wildman–Crippen MR) is 121 cm³/mol. The van der Waals surface area contributed by atoms with E-state index < -0.39 is 5.97 Å². The number of amides is 1. The maximum absolute atomic E-state index is 12.8. The van der Waals surface area contributed by atoms with Crippen LogP contribution in [0.2, 0.25) is 5.02 Å². The largest absolute Gasteiger partial charge is 0.478 e. The summed E-state index contributed by atoms with van der Waals surface area (Å²) in [6.07, 6.45) is 1.63. The molecule has 1 saturated heterocycles. The second kappa shape index (κ2) is 8.47. The molecule has 150 valence electrons. The standard InChI is InChI=1S/C22H14ClNO4S2/c23-17-8-6-14(21(26)27)10-16(17)18-9-7-15(28-18)11-19-20(25)24(22(29)30-19)12-13-4-2-1-3-5-13/h1-11H,12H2,(H,26,27)/b19-11+. The number of aromatic carboxylic acids is 1. The highest BCUT2D eigenvalue weighted by molar-refractivity contribution is 8.26. The molecule has 1 N–H and O–H groups in total. The van der Waals surface area contributed by atoms with Gasteiger partial charge < -0.3 is 9.52 Å². The fourth-order valence-corrected chi connectivity index (χ4v) is 4.40. The van der Waals surface area contributed by atoms with Crippen molar-refractivity contribution in [1.29, 1.82) is 0 Å². The number of carbonyl (C=O) groups is 2. The maximum Gasteiger partial charge on any atom is 0.335 e. The lowest BCUT2D eigenvalue weighted by molar-refractivity contribution is -0.122. The van der Waals surface area contributed by atoms with Crippen molar-refractivity contribution in [2.75, 3.05) is 0 Å². The molecule has 8 heteroatoms. The number of hydrogen-bond acceptors (Lipinski definition) is 5. The Labute approximate surface area is 186 Å². The summed E-state index contributed by atoms with van der Waals surface area (Å²) in [4.78, 5) is 26.0. The van der Waals surface area contributed by atoms with Gasteiger partial charge in [0, 0.05) is 11.6 Å². The Balaban J connectivity index is 1.57. The van der Waals surface area contributed by atoms with Crippen LogP contribution in [0.5, 0.6) is 0 Å². The van der Waals surface area contributed by atoms with Crippen molar-refractivity contribution in [2.45, 2.75) is 6.54 Å². The minimum Gasteiger partial charge on any atom is -0.478 e. The highest BCUT2D eigenvalue weighted by Crippen LogP contribution is 2.35. The zero-order chi connectivity index (χ0) is 21.3. The number of thioether (sulfide) groups is 1. The van der Waals surface area contributed by atoms with Crippen molar-refractivity contribution in [3.05, 3.63) is 87.5 Å². The van der Waals surface area contributed by atoms with Gasteiger partial charge in [-0.1, -0.05) is 65.9 Å². The van der Waals surface area contributed by atoms with Crippen LogP contribution in [-0.2, 0) is 11.3 Å². The highest BCUT2D eigenvalue weighted by atomic mass is 35.5. The number of rotatable bonds is 5.